The van der Waals surface area contributed by atoms with Gasteiger partial charge in [-0.05, 0) is 36.8 Å². The van der Waals surface area contributed by atoms with Gasteiger partial charge in [-0.3, -0.25) is 0 Å². The first kappa shape index (κ1) is 16.4. The molecule has 0 bridgehead atoms. The highest BCUT2D eigenvalue weighted by molar-refractivity contribution is 5.87. The summed E-state index contributed by atoms with van der Waals surface area (Å²) in [5.41, 5.74) is 7.39. The molecule has 0 fully saturated rings. The first-order valence-electron chi connectivity index (χ1n) is 9.18. The molecule has 0 radical (unpaired) electrons. The van der Waals surface area contributed by atoms with Crippen LogP contribution in [0.5, 0.6) is 0 Å². The van der Waals surface area contributed by atoms with Crippen LogP contribution in [0.3, 0.4) is 0 Å². The van der Waals surface area contributed by atoms with Gasteiger partial charge in [-0.25, -0.2) is 15.0 Å². The Morgan fingerprint density at radius 1 is 1.07 bits per heavy atom. The summed E-state index contributed by atoms with van der Waals surface area (Å²) in [7, 11) is 0. The molecule has 5 nitrogen and oxygen atoms in total. The number of hydrogen-bond acceptors (Lipinski definition) is 3. The highest BCUT2D eigenvalue weighted by Crippen LogP contribution is 2.31. The fourth-order valence-electron chi connectivity index (χ4n) is 3.72. The predicted molar refractivity (Wildman–Crippen MR) is 112 cm³/mol. The molecule has 0 spiro atoms. The number of para-hydroxylation sites is 1. The Morgan fingerprint density at radius 3 is 2.71 bits per heavy atom. The summed E-state index contributed by atoms with van der Waals surface area (Å²) in [5.74, 6) is 0. The Hall–Kier alpha value is -3.73. The normalized spacial score (nSPS) is 11.3. The van der Waals surface area contributed by atoms with Crippen LogP contribution < -0.4 is 0 Å². The van der Waals surface area contributed by atoms with Gasteiger partial charge in [-0.1, -0.05) is 30.9 Å². The zero-order valence-corrected chi connectivity index (χ0v) is 15.6. The minimum atomic E-state index is 0.689. The first-order chi connectivity index (χ1) is 13.7. The second-order valence-electron chi connectivity index (χ2n) is 6.86. The van der Waals surface area contributed by atoms with E-state index in [0.29, 0.717) is 6.54 Å². The molecule has 5 heteroatoms. The van der Waals surface area contributed by atoms with Crippen molar-refractivity contribution in [3.63, 3.8) is 0 Å². The number of aryl methyl sites for hydroxylation is 1. The third-order valence-electron chi connectivity index (χ3n) is 5.13. The van der Waals surface area contributed by atoms with Crippen LogP contribution in [0.1, 0.15) is 16.8 Å². The topological polar surface area (TPSA) is 48.0 Å². The minimum Gasteiger partial charge on any atom is -0.335 e. The lowest BCUT2D eigenvalue weighted by atomic mass is 10.2. The molecule has 4 aromatic heterocycles. The van der Waals surface area contributed by atoms with Crippen molar-refractivity contribution in [3.05, 3.63) is 90.8 Å². The van der Waals surface area contributed by atoms with Crippen molar-refractivity contribution in [2.75, 3.05) is 0 Å². The van der Waals surface area contributed by atoms with Gasteiger partial charge in [0.25, 0.3) is 0 Å². The van der Waals surface area contributed by atoms with E-state index in [0.717, 1.165) is 33.9 Å². The smallest absolute Gasteiger partial charge is 0.138 e. The number of nitrogens with zero attached hydrogens (tertiary/aromatic N) is 5. The predicted octanol–water partition coefficient (Wildman–Crippen LogP) is 4.75. The van der Waals surface area contributed by atoms with Crippen LogP contribution >= 0.6 is 0 Å². The number of hydrogen-bond donors (Lipinski definition) is 0. The summed E-state index contributed by atoms with van der Waals surface area (Å²) in [6, 6.07) is 14.7. The second kappa shape index (κ2) is 6.46. The first-order valence-corrected chi connectivity index (χ1v) is 9.18. The van der Waals surface area contributed by atoms with E-state index in [4.69, 9.17) is 4.98 Å². The molecular formula is C23H19N5. The third-order valence-corrected chi connectivity index (χ3v) is 5.13. The summed E-state index contributed by atoms with van der Waals surface area (Å²) >= 11 is 0. The van der Waals surface area contributed by atoms with E-state index < -0.39 is 0 Å². The molecule has 28 heavy (non-hydrogen) atoms. The van der Waals surface area contributed by atoms with Gasteiger partial charge in [0.15, 0.2) is 0 Å². The molecular weight excluding hydrogens is 346 g/mol. The van der Waals surface area contributed by atoms with E-state index in [2.05, 4.69) is 81.1 Å². The Labute approximate surface area is 162 Å². The van der Waals surface area contributed by atoms with Gasteiger partial charge in [0, 0.05) is 40.8 Å². The van der Waals surface area contributed by atoms with E-state index in [-0.39, 0.29) is 0 Å². The fraction of sp³-hybridized carbons (Fsp3) is 0.0870. The largest absolute Gasteiger partial charge is 0.335 e. The molecule has 4 heterocycles. The van der Waals surface area contributed by atoms with Crippen LogP contribution in [0.25, 0.3) is 34.0 Å². The number of aromatic nitrogens is 5. The van der Waals surface area contributed by atoms with Gasteiger partial charge >= 0.3 is 0 Å². The van der Waals surface area contributed by atoms with E-state index in [1.54, 1.807) is 6.33 Å². The molecule has 0 saturated carbocycles. The Morgan fingerprint density at radius 2 is 1.89 bits per heavy atom. The molecule has 5 rings (SSSR count). The van der Waals surface area contributed by atoms with Crippen molar-refractivity contribution in [3.8, 4) is 11.4 Å². The standard InChI is InChI=1S/C23H19N5/c1-3-17-8-9-27-16(2)23(26-22(27)10-17)21-11-19-6-4-5-7-20(19)28(21)14-18-12-24-15-25-13-18/h3-13,15H,1,14H2,2H3. The number of fused-ring (bicyclic) bond motifs is 2. The van der Waals surface area contributed by atoms with E-state index in [1.807, 2.05) is 18.5 Å². The lowest BCUT2D eigenvalue weighted by molar-refractivity contribution is 0.828. The molecule has 0 aliphatic heterocycles. The Bertz CT molecular complexity index is 1310. The van der Waals surface area contributed by atoms with E-state index in [1.165, 1.54) is 10.9 Å². The van der Waals surface area contributed by atoms with Crippen LogP contribution in [0, 0.1) is 6.92 Å². The Balaban J connectivity index is 1.75. The van der Waals surface area contributed by atoms with Gasteiger partial charge < -0.3 is 8.97 Å². The van der Waals surface area contributed by atoms with E-state index in [9.17, 15) is 0 Å². The average Bonchev–Trinajstić information content (AvgIpc) is 3.26. The molecule has 0 aliphatic carbocycles. The molecule has 1 aromatic carbocycles. The van der Waals surface area contributed by atoms with Gasteiger partial charge in [-0.15, -0.1) is 0 Å². The molecule has 0 atom stereocenters. The van der Waals surface area contributed by atoms with Crippen molar-refractivity contribution in [2.45, 2.75) is 13.5 Å². The zero-order valence-electron chi connectivity index (χ0n) is 15.6. The highest BCUT2D eigenvalue weighted by Gasteiger charge is 2.17. The summed E-state index contributed by atoms with van der Waals surface area (Å²) in [5, 5.41) is 1.19. The molecule has 0 aliphatic rings. The van der Waals surface area contributed by atoms with Crippen molar-refractivity contribution in [2.24, 2.45) is 0 Å². The van der Waals surface area contributed by atoms with Gasteiger partial charge in [0.1, 0.15) is 17.7 Å². The molecule has 0 saturated heterocycles. The van der Waals surface area contributed by atoms with Crippen molar-refractivity contribution in [1.29, 1.82) is 0 Å². The maximum atomic E-state index is 4.95. The van der Waals surface area contributed by atoms with Gasteiger partial charge in [0.2, 0.25) is 0 Å². The number of rotatable bonds is 4. The van der Waals surface area contributed by atoms with Crippen LogP contribution in [-0.4, -0.2) is 23.9 Å². The van der Waals surface area contributed by atoms with Crippen LogP contribution in [0.2, 0.25) is 0 Å². The fourth-order valence-corrected chi connectivity index (χ4v) is 3.72. The quantitative estimate of drug-likeness (QED) is 0.462. The highest BCUT2D eigenvalue weighted by atomic mass is 15.1. The van der Waals surface area contributed by atoms with Gasteiger partial charge in [0.05, 0.1) is 12.2 Å². The molecule has 136 valence electrons. The second-order valence-corrected chi connectivity index (χ2v) is 6.86. The Kier molecular flexibility index (Phi) is 3.79. The number of benzene rings is 1. The minimum absolute atomic E-state index is 0.689. The maximum Gasteiger partial charge on any atom is 0.138 e. The maximum absolute atomic E-state index is 4.95. The molecule has 0 N–H and O–H groups in total. The summed E-state index contributed by atoms with van der Waals surface area (Å²) < 4.78 is 4.41. The van der Waals surface area contributed by atoms with Gasteiger partial charge in [-0.2, -0.15) is 0 Å². The molecule has 0 unspecified atom stereocenters. The molecule has 5 aromatic rings. The number of imidazole rings is 1. The number of pyridine rings is 1. The van der Waals surface area contributed by atoms with Crippen molar-refractivity contribution < 1.29 is 0 Å². The van der Waals surface area contributed by atoms with Crippen molar-refractivity contribution >= 4 is 22.6 Å². The summed E-state index contributed by atoms with van der Waals surface area (Å²) in [6.45, 7) is 6.66. The third kappa shape index (κ3) is 2.60. The summed E-state index contributed by atoms with van der Waals surface area (Å²) in [6.07, 6.45) is 9.17. The lowest BCUT2D eigenvalue weighted by Gasteiger charge is -2.10. The summed E-state index contributed by atoms with van der Waals surface area (Å²) in [4.78, 5) is 13.3. The zero-order chi connectivity index (χ0) is 19.1. The SMILES string of the molecule is C=Cc1ccn2c(C)c(-c3cc4ccccc4n3Cc3cncnc3)nc2c1. The van der Waals surface area contributed by atoms with Crippen LogP contribution in [0.15, 0.2) is 74.0 Å². The van der Waals surface area contributed by atoms with Crippen LogP contribution in [0.4, 0.5) is 0 Å². The molecule has 0 amide bonds. The monoisotopic (exact) mass is 365 g/mol. The lowest BCUT2D eigenvalue weighted by Crippen LogP contribution is -2.03. The van der Waals surface area contributed by atoms with E-state index >= 15 is 0 Å². The van der Waals surface area contributed by atoms with Crippen LogP contribution in [-0.2, 0) is 6.54 Å². The average molecular weight is 365 g/mol. The van der Waals surface area contributed by atoms with Crippen molar-refractivity contribution in [1.82, 2.24) is 23.9 Å².